The highest BCUT2D eigenvalue weighted by atomic mass is 16.3. The van der Waals surface area contributed by atoms with Crippen molar-refractivity contribution in [2.75, 3.05) is 0 Å². The van der Waals surface area contributed by atoms with Crippen molar-refractivity contribution in [2.24, 2.45) is 11.8 Å². The van der Waals surface area contributed by atoms with Crippen LogP contribution >= 0.6 is 0 Å². The molecule has 2 aliphatic carbocycles. The van der Waals surface area contributed by atoms with Crippen LogP contribution in [0.4, 0.5) is 0 Å². The Balaban J connectivity index is 1.86. The van der Waals surface area contributed by atoms with Gasteiger partial charge in [-0.05, 0) is 43.2 Å². The van der Waals surface area contributed by atoms with Crippen molar-refractivity contribution in [3.05, 3.63) is 35.9 Å². The number of aliphatic hydroxyl groups is 1. The van der Waals surface area contributed by atoms with Gasteiger partial charge >= 0.3 is 0 Å². The minimum atomic E-state index is -0.637. The number of nitrogens with zero attached hydrogens (tertiary/aromatic N) is 2. The minimum absolute atomic E-state index is 0.637. The van der Waals surface area contributed by atoms with E-state index < -0.39 is 5.60 Å². The Labute approximate surface area is 113 Å². The summed E-state index contributed by atoms with van der Waals surface area (Å²) in [5, 5.41) is 11.2. The second-order valence-electron chi connectivity index (χ2n) is 6.45. The van der Waals surface area contributed by atoms with E-state index in [4.69, 9.17) is 0 Å². The number of aromatic nitrogens is 2. The lowest BCUT2D eigenvalue weighted by Crippen LogP contribution is -2.24. The predicted octanol–water partition coefficient (Wildman–Crippen LogP) is 3.04. The maximum Gasteiger partial charge on any atom is 0.0992 e. The maximum atomic E-state index is 11.2. The summed E-state index contributed by atoms with van der Waals surface area (Å²) in [6.45, 7) is 2.11. The Morgan fingerprint density at radius 3 is 2.79 bits per heavy atom. The summed E-state index contributed by atoms with van der Waals surface area (Å²) in [7, 11) is 0. The quantitative estimate of drug-likeness (QED) is 0.851. The van der Waals surface area contributed by atoms with E-state index in [1.807, 2.05) is 23.1 Å². The van der Waals surface area contributed by atoms with Crippen molar-refractivity contribution in [1.82, 2.24) is 9.38 Å². The van der Waals surface area contributed by atoms with E-state index in [1.54, 1.807) is 0 Å². The fourth-order valence-electron chi connectivity index (χ4n) is 4.51. The fourth-order valence-corrected chi connectivity index (χ4v) is 4.51. The van der Waals surface area contributed by atoms with E-state index in [-0.39, 0.29) is 0 Å². The van der Waals surface area contributed by atoms with Crippen LogP contribution in [0.2, 0.25) is 0 Å². The maximum absolute atomic E-state index is 11.2. The van der Waals surface area contributed by atoms with Crippen molar-refractivity contribution in [3.8, 4) is 0 Å². The molecule has 0 aliphatic heterocycles. The van der Waals surface area contributed by atoms with Gasteiger partial charge in [0.05, 0.1) is 23.6 Å². The monoisotopic (exact) mass is 256 g/mol. The molecule has 2 fully saturated rings. The third kappa shape index (κ3) is 1.57. The SMILES string of the molecule is Cc1ccn2cncc2c1C1(O)CC2CCCC2C1. The summed E-state index contributed by atoms with van der Waals surface area (Å²) in [6.07, 6.45) is 11.5. The van der Waals surface area contributed by atoms with Crippen molar-refractivity contribution < 1.29 is 5.11 Å². The van der Waals surface area contributed by atoms with Crippen LogP contribution in [0.3, 0.4) is 0 Å². The standard InChI is InChI=1S/C16H20N2O/c1-11-5-6-18-10-17-9-14(18)15(11)16(19)7-12-3-2-4-13(12)8-16/h5-6,9-10,12-13,19H,2-4,7-8H2,1H3. The summed E-state index contributed by atoms with van der Waals surface area (Å²) in [4.78, 5) is 4.23. The number of fused-ring (bicyclic) bond motifs is 2. The number of aryl methyl sites for hydroxylation is 1. The zero-order valence-electron chi connectivity index (χ0n) is 11.3. The van der Waals surface area contributed by atoms with Gasteiger partial charge in [-0.2, -0.15) is 0 Å². The van der Waals surface area contributed by atoms with Crippen LogP contribution in [0.1, 0.15) is 43.2 Å². The second-order valence-corrected chi connectivity index (χ2v) is 6.45. The van der Waals surface area contributed by atoms with Crippen molar-refractivity contribution in [1.29, 1.82) is 0 Å². The van der Waals surface area contributed by atoms with Crippen molar-refractivity contribution in [2.45, 2.75) is 44.6 Å². The van der Waals surface area contributed by atoms with Gasteiger partial charge in [-0.15, -0.1) is 0 Å². The second kappa shape index (κ2) is 3.83. The molecule has 0 saturated heterocycles. The molecule has 2 saturated carbocycles. The molecular formula is C16H20N2O. The number of imidazole rings is 1. The Hall–Kier alpha value is -1.35. The Kier molecular flexibility index (Phi) is 2.31. The van der Waals surface area contributed by atoms with Gasteiger partial charge in [0.2, 0.25) is 0 Å². The topological polar surface area (TPSA) is 37.5 Å². The average Bonchev–Trinajstić information content (AvgIpc) is 3.02. The van der Waals surface area contributed by atoms with Crippen LogP contribution in [0.25, 0.3) is 5.52 Å². The normalized spacial score (nSPS) is 34.0. The first kappa shape index (κ1) is 11.5. The Morgan fingerprint density at radius 2 is 2.05 bits per heavy atom. The van der Waals surface area contributed by atoms with Crippen LogP contribution in [0.15, 0.2) is 24.8 Å². The van der Waals surface area contributed by atoms with E-state index in [2.05, 4.69) is 18.0 Å². The van der Waals surface area contributed by atoms with Crippen LogP contribution in [-0.4, -0.2) is 14.5 Å². The Bertz CT molecular complexity index is 619. The van der Waals surface area contributed by atoms with Crippen molar-refractivity contribution in [3.63, 3.8) is 0 Å². The van der Waals surface area contributed by atoms with Gasteiger partial charge in [0, 0.05) is 11.8 Å². The van der Waals surface area contributed by atoms with Gasteiger partial charge in [0.15, 0.2) is 0 Å². The summed E-state index contributed by atoms with van der Waals surface area (Å²) in [5.41, 5.74) is 2.74. The highest BCUT2D eigenvalue weighted by Gasteiger charge is 2.48. The summed E-state index contributed by atoms with van der Waals surface area (Å²) in [6, 6.07) is 2.09. The van der Waals surface area contributed by atoms with Gasteiger partial charge in [-0.25, -0.2) is 4.98 Å². The highest BCUT2D eigenvalue weighted by molar-refractivity contribution is 5.59. The smallest absolute Gasteiger partial charge is 0.0992 e. The molecular weight excluding hydrogens is 236 g/mol. The molecule has 0 aromatic carbocycles. The van der Waals surface area contributed by atoms with Gasteiger partial charge in [0.1, 0.15) is 0 Å². The lowest BCUT2D eigenvalue weighted by Gasteiger charge is -2.27. The molecule has 0 amide bonds. The first-order chi connectivity index (χ1) is 9.17. The fraction of sp³-hybridized carbons (Fsp3) is 0.562. The lowest BCUT2D eigenvalue weighted by atomic mass is 9.86. The van der Waals surface area contributed by atoms with Gasteiger partial charge in [-0.1, -0.05) is 19.3 Å². The number of pyridine rings is 1. The number of hydrogen-bond acceptors (Lipinski definition) is 2. The molecule has 2 aromatic rings. The highest BCUT2D eigenvalue weighted by Crippen LogP contribution is 2.53. The van der Waals surface area contributed by atoms with Gasteiger partial charge < -0.3 is 9.51 Å². The number of hydrogen-bond donors (Lipinski definition) is 1. The molecule has 3 heteroatoms. The molecule has 0 spiro atoms. The third-order valence-electron chi connectivity index (χ3n) is 5.28. The molecule has 2 atom stereocenters. The Morgan fingerprint density at radius 1 is 1.32 bits per heavy atom. The molecule has 2 aromatic heterocycles. The van der Waals surface area contributed by atoms with E-state index in [0.717, 1.165) is 35.8 Å². The molecule has 0 radical (unpaired) electrons. The molecule has 1 N–H and O–H groups in total. The first-order valence-corrected chi connectivity index (χ1v) is 7.31. The molecule has 2 heterocycles. The zero-order valence-corrected chi connectivity index (χ0v) is 11.3. The molecule has 0 bridgehead atoms. The molecule has 100 valence electrons. The van der Waals surface area contributed by atoms with E-state index in [9.17, 15) is 5.11 Å². The summed E-state index contributed by atoms with van der Waals surface area (Å²) in [5.74, 6) is 1.46. The number of rotatable bonds is 1. The average molecular weight is 256 g/mol. The molecule has 19 heavy (non-hydrogen) atoms. The summed E-state index contributed by atoms with van der Waals surface area (Å²) < 4.78 is 2.02. The summed E-state index contributed by atoms with van der Waals surface area (Å²) >= 11 is 0. The van der Waals surface area contributed by atoms with E-state index >= 15 is 0 Å². The first-order valence-electron chi connectivity index (χ1n) is 7.31. The van der Waals surface area contributed by atoms with Crippen LogP contribution in [0, 0.1) is 18.8 Å². The third-order valence-corrected chi connectivity index (χ3v) is 5.28. The largest absolute Gasteiger partial charge is 0.385 e. The molecule has 2 aliphatic rings. The zero-order chi connectivity index (χ0) is 13.0. The van der Waals surface area contributed by atoms with Crippen LogP contribution < -0.4 is 0 Å². The van der Waals surface area contributed by atoms with Gasteiger partial charge in [-0.3, -0.25) is 0 Å². The molecule has 2 unspecified atom stereocenters. The molecule has 3 nitrogen and oxygen atoms in total. The predicted molar refractivity (Wildman–Crippen MR) is 73.9 cm³/mol. The van der Waals surface area contributed by atoms with E-state index in [1.165, 1.54) is 24.8 Å². The van der Waals surface area contributed by atoms with Crippen LogP contribution in [0.5, 0.6) is 0 Å². The van der Waals surface area contributed by atoms with E-state index in [0.29, 0.717) is 0 Å². The minimum Gasteiger partial charge on any atom is -0.385 e. The molecule has 4 rings (SSSR count). The lowest BCUT2D eigenvalue weighted by molar-refractivity contribution is 0.0357. The van der Waals surface area contributed by atoms with Crippen LogP contribution in [-0.2, 0) is 5.60 Å². The van der Waals surface area contributed by atoms with Crippen molar-refractivity contribution >= 4 is 5.52 Å². The van der Waals surface area contributed by atoms with Gasteiger partial charge in [0.25, 0.3) is 0 Å².